The maximum Gasteiger partial charge on any atom is 0.144 e. The summed E-state index contributed by atoms with van der Waals surface area (Å²) in [6, 6.07) is 5.64. The van der Waals surface area contributed by atoms with Gasteiger partial charge in [0, 0.05) is 16.8 Å². The molecule has 0 aliphatic rings. The van der Waals surface area contributed by atoms with Crippen molar-refractivity contribution in [3.05, 3.63) is 34.3 Å². The maximum atomic E-state index is 11.7. The minimum Gasteiger partial charge on any atom is -0.234 e. The van der Waals surface area contributed by atoms with Crippen molar-refractivity contribution in [3.63, 3.8) is 0 Å². The number of benzene rings is 1. The van der Waals surface area contributed by atoms with Crippen LogP contribution < -0.4 is 0 Å². The van der Waals surface area contributed by atoms with Gasteiger partial charge in [-0.3, -0.25) is 0 Å². The average molecular weight is 258 g/mol. The van der Waals surface area contributed by atoms with Gasteiger partial charge in [-0.05, 0) is 39.3 Å². The molecule has 0 bridgehead atoms. The van der Waals surface area contributed by atoms with Crippen LogP contribution in [0.25, 0.3) is 0 Å². The summed E-state index contributed by atoms with van der Waals surface area (Å²) < 4.78 is 15.4. The normalized spacial score (nSPS) is 14.3. The highest BCUT2D eigenvalue weighted by Crippen LogP contribution is 2.18. The summed E-state index contributed by atoms with van der Waals surface area (Å²) in [5.41, 5.74) is 1.86. The van der Waals surface area contributed by atoms with Crippen molar-refractivity contribution in [1.82, 2.24) is 0 Å². The number of halogens is 1. The topological polar surface area (TPSA) is 29.4 Å². The summed E-state index contributed by atoms with van der Waals surface area (Å²) in [4.78, 5) is 0. The Morgan fingerprint density at radius 3 is 2.50 bits per heavy atom. The molecular formula is C12H16ClNOS. The molecule has 0 radical (unpaired) electrons. The Morgan fingerprint density at radius 1 is 1.38 bits per heavy atom. The van der Waals surface area contributed by atoms with E-state index in [0.29, 0.717) is 5.02 Å². The molecule has 1 rings (SSSR count). The minimum atomic E-state index is -1.24. The summed E-state index contributed by atoms with van der Waals surface area (Å²) in [6.07, 6.45) is 1.60. The zero-order valence-electron chi connectivity index (χ0n) is 9.95. The number of rotatable bonds is 2. The molecule has 1 aromatic carbocycles. The summed E-state index contributed by atoms with van der Waals surface area (Å²) in [5.74, 6) is 0. The van der Waals surface area contributed by atoms with E-state index in [1.54, 1.807) is 12.3 Å². The fourth-order valence-electron chi connectivity index (χ4n) is 1.07. The molecule has 0 heterocycles. The molecule has 88 valence electrons. The Bertz CT molecular complexity index is 415. The molecule has 0 aliphatic heterocycles. The van der Waals surface area contributed by atoms with E-state index >= 15 is 0 Å². The van der Waals surface area contributed by atoms with E-state index in [4.69, 9.17) is 11.6 Å². The lowest BCUT2D eigenvalue weighted by atomic mass is 10.1. The van der Waals surface area contributed by atoms with Crippen LogP contribution in [-0.4, -0.2) is 15.2 Å². The fraction of sp³-hybridized carbons (Fsp3) is 0.417. The zero-order chi connectivity index (χ0) is 12.3. The lowest BCUT2D eigenvalue weighted by molar-refractivity contribution is 0.651. The summed E-state index contributed by atoms with van der Waals surface area (Å²) in [7, 11) is -1.24. The van der Waals surface area contributed by atoms with Gasteiger partial charge in [0.05, 0.1) is 4.75 Å². The molecular weight excluding hydrogens is 242 g/mol. The first-order chi connectivity index (χ1) is 7.32. The quantitative estimate of drug-likeness (QED) is 0.746. The van der Waals surface area contributed by atoms with E-state index in [1.807, 2.05) is 39.8 Å². The number of hydrogen-bond acceptors (Lipinski definition) is 1. The van der Waals surface area contributed by atoms with Crippen LogP contribution in [0.1, 0.15) is 31.9 Å². The Labute approximate surface area is 104 Å². The first kappa shape index (κ1) is 13.4. The average Bonchev–Trinajstić information content (AvgIpc) is 2.15. The highest BCUT2D eigenvalue weighted by atomic mass is 35.5. The van der Waals surface area contributed by atoms with Gasteiger partial charge in [0.25, 0.3) is 0 Å². The zero-order valence-corrected chi connectivity index (χ0v) is 11.5. The van der Waals surface area contributed by atoms with Gasteiger partial charge in [-0.1, -0.05) is 23.7 Å². The fourth-order valence-corrected chi connectivity index (χ4v) is 1.85. The highest BCUT2D eigenvalue weighted by Gasteiger charge is 2.18. The van der Waals surface area contributed by atoms with Gasteiger partial charge in [-0.25, -0.2) is 4.21 Å². The Kier molecular flexibility index (Phi) is 4.28. The van der Waals surface area contributed by atoms with Crippen LogP contribution in [0, 0.1) is 6.92 Å². The molecule has 0 saturated carbocycles. The van der Waals surface area contributed by atoms with Crippen molar-refractivity contribution < 1.29 is 4.21 Å². The lowest BCUT2D eigenvalue weighted by Crippen LogP contribution is -2.19. The van der Waals surface area contributed by atoms with Gasteiger partial charge in [-0.15, -0.1) is 0 Å². The molecule has 0 spiro atoms. The van der Waals surface area contributed by atoms with E-state index in [1.165, 1.54) is 0 Å². The van der Waals surface area contributed by atoms with Crippen LogP contribution in [0.3, 0.4) is 0 Å². The van der Waals surface area contributed by atoms with Crippen molar-refractivity contribution >= 4 is 28.8 Å². The maximum absolute atomic E-state index is 11.7. The second-order valence-electron chi connectivity index (χ2n) is 4.57. The number of aryl methyl sites for hydroxylation is 1. The predicted octanol–water partition coefficient (Wildman–Crippen LogP) is 3.53. The third kappa shape index (κ3) is 3.42. The van der Waals surface area contributed by atoms with Crippen molar-refractivity contribution in [3.8, 4) is 0 Å². The van der Waals surface area contributed by atoms with Gasteiger partial charge in [0.15, 0.2) is 0 Å². The van der Waals surface area contributed by atoms with E-state index < -0.39 is 11.0 Å². The molecule has 0 fully saturated rings. The van der Waals surface area contributed by atoms with E-state index in [2.05, 4.69) is 4.40 Å². The molecule has 0 amide bonds. The van der Waals surface area contributed by atoms with Crippen LogP contribution in [0.5, 0.6) is 0 Å². The van der Waals surface area contributed by atoms with Gasteiger partial charge in [0.1, 0.15) is 11.0 Å². The second kappa shape index (κ2) is 5.11. The van der Waals surface area contributed by atoms with Crippen molar-refractivity contribution in [2.75, 3.05) is 0 Å². The first-order valence-electron chi connectivity index (χ1n) is 5.03. The lowest BCUT2D eigenvalue weighted by Gasteiger charge is -2.13. The van der Waals surface area contributed by atoms with E-state index in [0.717, 1.165) is 11.1 Å². The Balaban J connectivity index is 2.98. The van der Waals surface area contributed by atoms with Gasteiger partial charge >= 0.3 is 0 Å². The molecule has 1 atom stereocenters. The smallest absolute Gasteiger partial charge is 0.144 e. The molecule has 4 heteroatoms. The SMILES string of the molecule is Cc1cccc(Cl)c1C=N[S@](=O)C(C)(C)C. The molecule has 0 aromatic heterocycles. The molecule has 16 heavy (non-hydrogen) atoms. The van der Waals surface area contributed by atoms with Gasteiger partial charge in [-0.2, -0.15) is 4.40 Å². The van der Waals surface area contributed by atoms with Crippen LogP contribution in [0.2, 0.25) is 5.02 Å². The molecule has 0 saturated heterocycles. The van der Waals surface area contributed by atoms with E-state index in [9.17, 15) is 4.21 Å². The van der Waals surface area contributed by atoms with Crippen molar-refractivity contribution in [2.24, 2.45) is 4.40 Å². The molecule has 0 unspecified atom stereocenters. The minimum absolute atomic E-state index is 0.342. The predicted molar refractivity (Wildman–Crippen MR) is 71.7 cm³/mol. The van der Waals surface area contributed by atoms with Gasteiger partial charge in [0.2, 0.25) is 0 Å². The largest absolute Gasteiger partial charge is 0.234 e. The van der Waals surface area contributed by atoms with Crippen LogP contribution in [-0.2, 0) is 11.0 Å². The standard InChI is InChI=1S/C12H16ClNOS/c1-9-6-5-7-11(13)10(9)8-14-16(15)12(2,3)4/h5-8H,1-4H3/t16-/m1/s1. The number of hydrogen-bond donors (Lipinski definition) is 0. The first-order valence-corrected chi connectivity index (χ1v) is 6.52. The highest BCUT2D eigenvalue weighted by molar-refractivity contribution is 7.85. The number of nitrogens with zero attached hydrogens (tertiary/aromatic N) is 1. The second-order valence-corrected chi connectivity index (χ2v) is 6.91. The third-order valence-corrected chi connectivity index (χ3v) is 3.75. The van der Waals surface area contributed by atoms with Crippen LogP contribution in [0.4, 0.5) is 0 Å². The third-order valence-electron chi connectivity index (χ3n) is 2.07. The summed E-state index contributed by atoms with van der Waals surface area (Å²) in [6.45, 7) is 7.62. The summed E-state index contributed by atoms with van der Waals surface area (Å²) in [5, 5.41) is 0.634. The molecule has 0 N–H and O–H groups in total. The van der Waals surface area contributed by atoms with Gasteiger partial charge < -0.3 is 0 Å². The molecule has 0 aliphatic carbocycles. The molecule has 2 nitrogen and oxygen atoms in total. The Hall–Kier alpha value is -0.670. The molecule has 1 aromatic rings. The summed E-state index contributed by atoms with van der Waals surface area (Å²) >= 11 is 6.04. The monoisotopic (exact) mass is 257 g/mol. The van der Waals surface area contributed by atoms with Crippen LogP contribution in [0.15, 0.2) is 22.6 Å². The van der Waals surface area contributed by atoms with Crippen molar-refractivity contribution in [1.29, 1.82) is 0 Å². The van der Waals surface area contributed by atoms with E-state index in [-0.39, 0.29) is 4.75 Å². The van der Waals surface area contributed by atoms with Crippen molar-refractivity contribution in [2.45, 2.75) is 32.4 Å². The Morgan fingerprint density at radius 2 is 2.00 bits per heavy atom. The van der Waals surface area contributed by atoms with Crippen LogP contribution >= 0.6 is 11.6 Å².